The lowest BCUT2D eigenvalue weighted by atomic mass is 9.90. The number of pyridine rings is 1. The highest BCUT2D eigenvalue weighted by atomic mass is 19.4. The molecule has 4 rings (SSSR count). The number of imidazole rings is 1. The smallest absolute Gasteiger partial charge is 0.358 e. The van der Waals surface area contributed by atoms with Crippen LogP contribution in [0.5, 0.6) is 0 Å². The van der Waals surface area contributed by atoms with Crippen LogP contribution in [0.25, 0.3) is 5.65 Å². The van der Waals surface area contributed by atoms with E-state index in [-0.39, 0.29) is 23.6 Å². The molecule has 9 heteroatoms. The van der Waals surface area contributed by atoms with E-state index in [0.717, 1.165) is 31.9 Å². The minimum Gasteiger partial charge on any atom is -0.358 e. The molecule has 1 aromatic carbocycles. The second-order valence-electron chi connectivity index (χ2n) is 7.83. The number of halogens is 4. The Morgan fingerprint density at radius 2 is 1.77 bits per heavy atom. The van der Waals surface area contributed by atoms with Crippen molar-refractivity contribution in [3.63, 3.8) is 0 Å². The van der Waals surface area contributed by atoms with Gasteiger partial charge >= 0.3 is 6.18 Å². The van der Waals surface area contributed by atoms with E-state index in [1.165, 1.54) is 28.7 Å². The van der Waals surface area contributed by atoms with Crippen LogP contribution in [0.4, 0.5) is 23.4 Å². The highest BCUT2D eigenvalue weighted by molar-refractivity contribution is 5.94. The second kappa shape index (κ2) is 8.20. The van der Waals surface area contributed by atoms with E-state index in [1.807, 2.05) is 11.9 Å². The lowest BCUT2D eigenvalue weighted by Gasteiger charge is -2.36. The molecule has 0 unspecified atom stereocenters. The number of anilines is 1. The van der Waals surface area contributed by atoms with Gasteiger partial charge in [-0.2, -0.15) is 13.2 Å². The fraction of sp³-hybridized carbons (Fsp3) is 0.364. The van der Waals surface area contributed by atoms with Crippen LogP contribution in [0.2, 0.25) is 0 Å². The van der Waals surface area contributed by atoms with Crippen molar-refractivity contribution in [3.05, 3.63) is 65.7 Å². The SMILES string of the molecule is CN(c1cccc2nc(C(F)(F)F)cn12)[C@H]1CC[C@@H](NC(=O)c2ccc(F)cc2)CC1. The topological polar surface area (TPSA) is 49.6 Å². The zero-order valence-electron chi connectivity index (χ0n) is 16.9. The maximum Gasteiger partial charge on any atom is 0.434 e. The third-order valence-electron chi connectivity index (χ3n) is 5.81. The van der Waals surface area contributed by atoms with Crippen LogP contribution in [0, 0.1) is 5.82 Å². The fourth-order valence-electron chi connectivity index (χ4n) is 4.08. The normalized spacial score (nSPS) is 19.4. The first kappa shape index (κ1) is 21.1. The van der Waals surface area contributed by atoms with E-state index in [9.17, 15) is 22.4 Å². The molecular weight excluding hydrogens is 412 g/mol. The van der Waals surface area contributed by atoms with Gasteiger partial charge in [-0.3, -0.25) is 9.20 Å². The average Bonchev–Trinajstić information content (AvgIpc) is 3.19. The van der Waals surface area contributed by atoms with Gasteiger partial charge in [0.05, 0.1) is 0 Å². The molecule has 0 radical (unpaired) electrons. The van der Waals surface area contributed by atoms with Crippen molar-refractivity contribution < 1.29 is 22.4 Å². The van der Waals surface area contributed by atoms with Gasteiger partial charge in [0.25, 0.3) is 5.91 Å². The lowest BCUT2D eigenvalue weighted by Crippen LogP contribution is -2.43. The highest BCUT2D eigenvalue weighted by Gasteiger charge is 2.34. The number of fused-ring (bicyclic) bond motifs is 1. The Morgan fingerprint density at radius 1 is 1.10 bits per heavy atom. The van der Waals surface area contributed by atoms with E-state index in [0.29, 0.717) is 11.4 Å². The molecule has 0 aliphatic heterocycles. The average molecular weight is 434 g/mol. The van der Waals surface area contributed by atoms with Crippen molar-refractivity contribution in [2.24, 2.45) is 0 Å². The number of hydrogen-bond donors (Lipinski definition) is 1. The van der Waals surface area contributed by atoms with Gasteiger partial charge in [0.15, 0.2) is 5.69 Å². The summed E-state index contributed by atoms with van der Waals surface area (Å²) in [6.45, 7) is 0. The first-order chi connectivity index (χ1) is 14.7. The Bertz CT molecular complexity index is 1070. The van der Waals surface area contributed by atoms with Crippen LogP contribution in [0.1, 0.15) is 41.7 Å². The summed E-state index contributed by atoms with van der Waals surface area (Å²) in [6, 6.07) is 10.6. The van der Waals surface area contributed by atoms with E-state index >= 15 is 0 Å². The molecule has 0 spiro atoms. The van der Waals surface area contributed by atoms with E-state index in [2.05, 4.69) is 10.3 Å². The van der Waals surface area contributed by atoms with Gasteiger partial charge in [-0.25, -0.2) is 9.37 Å². The summed E-state index contributed by atoms with van der Waals surface area (Å²) in [5, 5.41) is 2.98. The van der Waals surface area contributed by atoms with Crippen LogP contribution < -0.4 is 10.2 Å². The zero-order valence-corrected chi connectivity index (χ0v) is 16.9. The fourth-order valence-corrected chi connectivity index (χ4v) is 4.08. The number of aromatic nitrogens is 2. The number of rotatable bonds is 4. The number of benzene rings is 1. The Morgan fingerprint density at radius 3 is 2.42 bits per heavy atom. The van der Waals surface area contributed by atoms with Gasteiger partial charge in [-0.15, -0.1) is 0 Å². The van der Waals surface area contributed by atoms with Gasteiger partial charge < -0.3 is 10.2 Å². The number of nitrogens with one attached hydrogen (secondary N) is 1. The molecule has 3 aromatic rings. The number of nitrogens with zero attached hydrogens (tertiary/aromatic N) is 3. The molecule has 1 aliphatic rings. The molecule has 2 aromatic heterocycles. The van der Waals surface area contributed by atoms with Crippen molar-refractivity contribution >= 4 is 17.4 Å². The van der Waals surface area contributed by atoms with Crippen molar-refractivity contribution in [1.29, 1.82) is 0 Å². The minimum atomic E-state index is -4.50. The standard InChI is InChI=1S/C22H22F4N4O/c1-29(20-4-2-3-19-28-18(13-30(19)20)22(24,25)26)17-11-9-16(10-12-17)27-21(31)14-5-7-15(23)8-6-14/h2-8,13,16-17H,9-12H2,1H3,(H,27,31)/t16-,17+. The molecular formula is C22H22F4N4O. The van der Waals surface area contributed by atoms with Crippen molar-refractivity contribution in [3.8, 4) is 0 Å². The van der Waals surface area contributed by atoms with Gasteiger partial charge in [0, 0.05) is 30.9 Å². The maximum absolute atomic E-state index is 13.1. The molecule has 31 heavy (non-hydrogen) atoms. The number of alkyl halides is 3. The number of hydrogen-bond acceptors (Lipinski definition) is 3. The van der Waals surface area contributed by atoms with Crippen LogP contribution >= 0.6 is 0 Å². The van der Waals surface area contributed by atoms with Crippen molar-refractivity contribution in [2.45, 2.75) is 43.9 Å². The third-order valence-corrected chi connectivity index (χ3v) is 5.81. The van der Waals surface area contributed by atoms with Crippen LogP contribution in [0.15, 0.2) is 48.7 Å². The molecule has 5 nitrogen and oxygen atoms in total. The Labute approximate surface area is 176 Å². The molecule has 1 aliphatic carbocycles. The van der Waals surface area contributed by atoms with Crippen LogP contribution in [-0.4, -0.2) is 34.4 Å². The number of carbonyl (C=O) groups excluding carboxylic acids is 1. The molecule has 0 atom stereocenters. The molecule has 0 saturated heterocycles. The molecule has 164 valence electrons. The van der Waals surface area contributed by atoms with Gasteiger partial charge in [-0.05, 0) is 62.1 Å². The Kier molecular flexibility index (Phi) is 5.60. The Balaban J connectivity index is 1.41. The first-order valence-corrected chi connectivity index (χ1v) is 10.1. The number of amides is 1. The summed E-state index contributed by atoms with van der Waals surface area (Å²) in [7, 11) is 1.87. The summed E-state index contributed by atoms with van der Waals surface area (Å²) in [6.07, 6.45) is -0.423. The summed E-state index contributed by atoms with van der Waals surface area (Å²) in [5.74, 6) is 0.00864. The van der Waals surface area contributed by atoms with Crippen molar-refractivity contribution in [2.75, 3.05) is 11.9 Å². The summed E-state index contributed by atoms with van der Waals surface area (Å²) in [4.78, 5) is 18.0. The van der Waals surface area contributed by atoms with Gasteiger partial charge in [0.2, 0.25) is 0 Å². The highest BCUT2D eigenvalue weighted by Crippen LogP contribution is 2.31. The summed E-state index contributed by atoms with van der Waals surface area (Å²) >= 11 is 0. The molecule has 1 N–H and O–H groups in total. The third kappa shape index (κ3) is 4.50. The van der Waals surface area contributed by atoms with Gasteiger partial charge in [0.1, 0.15) is 17.3 Å². The number of carbonyl (C=O) groups is 1. The van der Waals surface area contributed by atoms with Crippen molar-refractivity contribution in [1.82, 2.24) is 14.7 Å². The first-order valence-electron chi connectivity index (χ1n) is 10.1. The largest absolute Gasteiger partial charge is 0.434 e. The predicted molar refractivity (Wildman–Crippen MR) is 109 cm³/mol. The Hall–Kier alpha value is -3.10. The van der Waals surface area contributed by atoms with Crippen LogP contribution in [-0.2, 0) is 6.18 Å². The van der Waals surface area contributed by atoms with E-state index in [1.54, 1.807) is 18.2 Å². The molecule has 2 heterocycles. The molecule has 0 bridgehead atoms. The second-order valence-corrected chi connectivity index (χ2v) is 7.83. The molecule has 1 fully saturated rings. The van der Waals surface area contributed by atoms with Crippen LogP contribution in [0.3, 0.4) is 0 Å². The monoisotopic (exact) mass is 434 g/mol. The van der Waals surface area contributed by atoms with E-state index in [4.69, 9.17) is 0 Å². The zero-order chi connectivity index (χ0) is 22.2. The van der Waals surface area contributed by atoms with E-state index < -0.39 is 17.7 Å². The predicted octanol–water partition coefficient (Wildman–Crippen LogP) is 4.67. The quantitative estimate of drug-likeness (QED) is 0.608. The van der Waals surface area contributed by atoms with Gasteiger partial charge in [-0.1, -0.05) is 6.07 Å². The lowest BCUT2D eigenvalue weighted by molar-refractivity contribution is -0.140. The minimum absolute atomic E-state index is 0.00284. The summed E-state index contributed by atoms with van der Waals surface area (Å²) < 4.78 is 53.7. The summed E-state index contributed by atoms with van der Waals surface area (Å²) in [5.41, 5.74) is -0.259. The maximum atomic E-state index is 13.1. The molecule has 1 saturated carbocycles. The molecule has 1 amide bonds.